The van der Waals surface area contributed by atoms with Gasteiger partial charge < -0.3 is 24.7 Å². The van der Waals surface area contributed by atoms with Crippen molar-refractivity contribution in [1.82, 2.24) is 0 Å². The molecule has 7 heteroatoms. The van der Waals surface area contributed by atoms with Crippen LogP contribution in [0.25, 0.3) is 0 Å². The van der Waals surface area contributed by atoms with Gasteiger partial charge in [0.05, 0.1) is 18.1 Å². The number of carbonyl (C=O) groups is 1. The molecular weight excluding hydrogens is 468 g/mol. The molecule has 1 atom stereocenters. The van der Waals surface area contributed by atoms with Crippen molar-refractivity contribution in [2.24, 2.45) is 5.73 Å². The first kappa shape index (κ1) is 25.4. The summed E-state index contributed by atoms with van der Waals surface area (Å²) in [5.74, 6) is 1.17. The molecule has 4 rings (SSSR count). The molecule has 0 fully saturated rings. The highest BCUT2D eigenvalue weighted by atomic mass is 16.5. The Morgan fingerprint density at radius 2 is 1.73 bits per heavy atom. The van der Waals surface area contributed by atoms with E-state index in [1.54, 1.807) is 48.5 Å². The number of fused-ring (bicyclic) bond motifs is 1. The molecule has 1 unspecified atom stereocenters. The van der Waals surface area contributed by atoms with Gasteiger partial charge in [-0.25, -0.2) is 4.79 Å². The van der Waals surface area contributed by atoms with Crippen LogP contribution in [0.2, 0.25) is 0 Å². The second kappa shape index (κ2) is 11.8. The third-order valence-electron chi connectivity index (χ3n) is 5.84. The fourth-order valence-corrected chi connectivity index (χ4v) is 3.94. The van der Waals surface area contributed by atoms with E-state index in [2.05, 4.69) is 19.6 Å². The lowest BCUT2D eigenvalue weighted by atomic mass is 9.83. The largest absolute Gasteiger partial charge is 0.494 e. The number of unbranched alkanes of at least 4 members (excludes halogenated alkanes) is 1. The number of nitriles is 1. The average molecular weight is 497 g/mol. The number of hydrogen-bond acceptors (Lipinski definition) is 7. The van der Waals surface area contributed by atoms with Gasteiger partial charge >= 0.3 is 5.97 Å². The summed E-state index contributed by atoms with van der Waals surface area (Å²) < 4.78 is 22.5. The molecular formula is C30H28N2O5. The number of nitrogens with two attached hydrogens (primary N) is 1. The van der Waals surface area contributed by atoms with Crippen LogP contribution in [0.3, 0.4) is 0 Å². The molecule has 1 aliphatic rings. The van der Waals surface area contributed by atoms with Gasteiger partial charge in [-0.15, -0.1) is 0 Å². The number of benzene rings is 3. The maximum atomic E-state index is 12.7. The van der Waals surface area contributed by atoms with Crippen LogP contribution in [0.5, 0.6) is 23.0 Å². The van der Waals surface area contributed by atoms with E-state index in [1.807, 2.05) is 24.3 Å². The fraction of sp³-hybridized carbons (Fsp3) is 0.200. The predicted molar refractivity (Wildman–Crippen MR) is 140 cm³/mol. The zero-order valence-electron chi connectivity index (χ0n) is 20.6. The highest BCUT2D eigenvalue weighted by molar-refractivity contribution is 5.91. The molecule has 0 saturated heterocycles. The van der Waals surface area contributed by atoms with E-state index in [9.17, 15) is 10.1 Å². The Kier molecular flexibility index (Phi) is 8.11. The van der Waals surface area contributed by atoms with E-state index in [1.165, 1.54) is 0 Å². The maximum absolute atomic E-state index is 12.7. The summed E-state index contributed by atoms with van der Waals surface area (Å²) in [5, 5.41) is 9.79. The lowest BCUT2D eigenvalue weighted by Gasteiger charge is -2.26. The smallest absolute Gasteiger partial charge is 0.343 e. The molecule has 0 radical (unpaired) electrons. The molecule has 3 aromatic rings. The van der Waals surface area contributed by atoms with Gasteiger partial charge in [0.1, 0.15) is 41.2 Å². The molecule has 37 heavy (non-hydrogen) atoms. The van der Waals surface area contributed by atoms with E-state index in [0.717, 1.165) is 24.0 Å². The third-order valence-corrected chi connectivity index (χ3v) is 5.84. The summed E-state index contributed by atoms with van der Waals surface area (Å²) >= 11 is 0. The minimum atomic E-state index is -0.510. The highest BCUT2D eigenvalue weighted by Crippen LogP contribution is 2.43. The standard InChI is InChI=1S/C30H28N2O5/c1-3-5-17-35-23-12-8-21(9-13-23)30(33)36-24-14-15-25-27(18-24)37-29(32)26(19-31)28(25)20-6-10-22(11-7-20)34-16-4-2/h4,6-15,18,28H,2-3,5,16-17,32H2,1H3. The Hall–Kier alpha value is -4.70. The number of rotatable bonds is 10. The Bertz CT molecular complexity index is 1340. The van der Waals surface area contributed by atoms with Crippen LogP contribution in [-0.4, -0.2) is 19.2 Å². The summed E-state index contributed by atoms with van der Waals surface area (Å²) in [4.78, 5) is 12.7. The minimum absolute atomic E-state index is 0.00845. The molecule has 0 aliphatic carbocycles. The minimum Gasteiger partial charge on any atom is -0.494 e. The van der Waals surface area contributed by atoms with Crippen LogP contribution in [-0.2, 0) is 0 Å². The van der Waals surface area contributed by atoms with Crippen molar-refractivity contribution in [3.63, 3.8) is 0 Å². The van der Waals surface area contributed by atoms with Crippen LogP contribution in [0.4, 0.5) is 0 Å². The third kappa shape index (κ3) is 5.93. The molecule has 7 nitrogen and oxygen atoms in total. The fourth-order valence-electron chi connectivity index (χ4n) is 3.94. The van der Waals surface area contributed by atoms with Gasteiger partial charge in [0.15, 0.2) is 0 Å². The van der Waals surface area contributed by atoms with Gasteiger partial charge in [0.2, 0.25) is 5.88 Å². The molecule has 1 aliphatic heterocycles. The first-order chi connectivity index (χ1) is 18.0. The molecule has 188 valence electrons. The number of allylic oxidation sites excluding steroid dienone is 1. The van der Waals surface area contributed by atoms with Gasteiger partial charge in [-0.3, -0.25) is 0 Å². The van der Waals surface area contributed by atoms with Crippen molar-refractivity contribution >= 4 is 5.97 Å². The van der Waals surface area contributed by atoms with E-state index in [4.69, 9.17) is 24.7 Å². The van der Waals surface area contributed by atoms with Crippen LogP contribution < -0.4 is 24.7 Å². The van der Waals surface area contributed by atoms with Crippen molar-refractivity contribution in [3.8, 4) is 29.1 Å². The van der Waals surface area contributed by atoms with E-state index >= 15 is 0 Å². The number of ether oxygens (including phenoxy) is 4. The van der Waals surface area contributed by atoms with Crippen molar-refractivity contribution < 1.29 is 23.7 Å². The summed E-state index contributed by atoms with van der Waals surface area (Å²) in [6.07, 6.45) is 3.69. The molecule has 3 aromatic carbocycles. The lowest BCUT2D eigenvalue weighted by molar-refractivity contribution is 0.0734. The van der Waals surface area contributed by atoms with Crippen LogP contribution in [0.1, 0.15) is 47.2 Å². The van der Waals surface area contributed by atoms with Gasteiger partial charge in [0, 0.05) is 11.6 Å². The van der Waals surface area contributed by atoms with Crippen LogP contribution >= 0.6 is 0 Å². The molecule has 0 saturated carbocycles. The van der Waals surface area contributed by atoms with Crippen molar-refractivity contribution in [3.05, 3.63) is 108 Å². The van der Waals surface area contributed by atoms with Crippen LogP contribution in [0, 0.1) is 11.3 Å². The Balaban J connectivity index is 1.53. The molecule has 0 spiro atoms. The van der Waals surface area contributed by atoms with Crippen molar-refractivity contribution in [2.45, 2.75) is 25.7 Å². The van der Waals surface area contributed by atoms with E-state index in [-0.39, 0.29) is 5.88 Å². The molecule has 0 aromatic heterocycles. The Morgan fingerprint density at radius 3 is 2.41 bits per heavy atom. The molecule has 0 amide bonds. The summed E-state index contributed by atoms with van der Waals surface area (Å²) in [6.45, 7) is 6.78. The average Bonchev–Trinajstić information content (AvgIpc) is 2.92. The highest BCUT2D eigenvalue weighted by Gasteiger charge is 2.31. The molecule has 0 bridgehead atoms. The quantitative estimate of drug-likeness (QED) is 0.162. The maximum Gasteiger partial charge on any atom is 0.343 e. The Labute approximate surface area is 216 Å². The number of esters is 1. The first-order valence-electron chi connectivity index (χ1n) is 12.0. The van der Waals surface area contributed by atoms with Crippen molar-refractivity contribution in [1.29, 1.82) is 5.26 Å². The second-order valence-electron chi connectivity index (χ2n) is 8.41. The monoisotopic (exact) mass is 496 g/mol. The second-order valence-corrected chi connectivity index (χ2v) is 8.41. The topological polar surface area (TPSA) is 104 Å². The number of carbonyl (C=O) groups excluding carboxylic acids is 1. The number of hydrogen-bond donors (Lipinski definition) is 1. The molecule has 1 heterocycles. The van der Waals surface area contributed by atoms with Gasteiger partial charge in [-0.05, 0) is 54.4 Å². The lowest BCUT2D eigenvalue weighted by Crippen LogP contribution is -2.21. The van der Waals surface area contributed by atoms with Crippen LogP contribution in [0.15, 0.2) is 90.8 Å². The summed E-state index contributed by atoms with van der Waals surface area (Å²) in [6, 6.07) is 21.5. The Morgan fingerprint density at radius 1 is 1.05 bits per heavy atom. The SMILES string of the molecule is C=CCOc1ccc(C2C(C#N)=C(N)Oc3cc(OC(=O)c4ccc(OCCCC)cc4)ccc32)cc1. The first-order valence-corrected chi connectivity index (χ1v) is 12.0. The van der Waals surface area contributed by atoms with Gasteiger partial charge in [-0.1, -0.05) is 44.2 Å². The number of nitrogens with zero attached hydrogens (tertiary/aromatic N) is 1. The summed E-state index contributed by atoms with van der Waals surface area (Å²) in [7, 11) is 0. The van der Waals surface area contributed by atoms with E-state index < -0.39 is 11.9 Å². The predicted octanol–water partition coefficient (Wildman–Crippen LogP) is 5.87. The summed E-state index contributed by atoms with van der Waals surface area (Å²) in [5.41, 5.74) is 8.39. The zero-order chi connectivity index (χ0) is 26.2. The van der Waals surface area contributed by atoms with Gasteiger partial charge in [-0.2, -0.15) is 5.26 Å². The zero-order valence-corrected chi connectivity index (χ0v) is 20.6. The van der Waals surface area contributed by atoms with Gasteiger partial charge in [0.25, 0.3) is 0 Å². The van der Waals surface area contributed by atoms with Crippen molar-refractivity contribution in [2.75, 3.05) is 13.2 Å². The van der Waals surface area contributed by atoms with E-state index in [0.29, 0.717) is 47.3 Å². The molecule has 2 N–H and O–H groups in total. The normalized spacial score (nSPS) is 14.1.